The van der Waals surface area contributed by atoms with Crippen molar-refractivity contribution in [2.24, 2.45) is 0 Å². The summed E-state index contributed by atoms with van der Waals surface area (Å²) in [7, 11) is -2.77. The summed E-state index contributed by atoms with van der Waals surface area (Å²) in [5.74, 6) is -0.944. The highest BCUT2D eigenvalue weighted by atomic mass is 32.2. The summed E-state index contributed by atoms with van der Waals surface area (Å²) < 4.78 is 26.2. The van der Waals surface area contributed by atoms with Gasteiger partial charge in [0.15, 0.2) is 0 Å². The average molecular weight is 480 g/mol. The maximum Gasteiger partial charge on any atom is 0.326 e. The van der Waals surface area contributed by atoms with Crippen LogP contribution in [0, 0.1) is 0 Å². The van der Waals surface area contributed by atoms with Crippen LogP contribution in [-0.2, 0) is 14.8 Å². The number of hydrogen-bond donors (Lipinski definition) is 4. The van der Waals surface area contributed by atoms with Gasteiger partial charge in [-0.05, 0) is 47.5 Å². The largest absolute Gasteiger partial charge is 0.480 e. The fraction of sp³-hybridized carbons (Fsp3) is 0.0870. The van der Waals surface area contributed by atoms with Crippen LogP contribution in [0.2, 0.25) is 0 Å². The summed E-state index contributed by atoms with van der Waals surface area (Å²) in [6.45, 7) is -0.647. The number of H-pyrrole nitrogens is 1. The molecule has 4 rings (SSSR count). The first-order valence-corrected chi connectivity index (χ1v) is 11.6. The van der Waals surface area contributed by atoms with E-state index in [1.807, 2.05) is 24.3 Å². The van der Waals surface area contributed by atoms with Gasteiger partial charge in [0, 0.05) is 12.7 Å². The maximum atomic E-state index is 12.7. The minimum absolute atomic E-state index is 0.0326. The number of carboxylic acids is 1. The third kappa shape index (κ3) is 5.05. The highest BCUT2D eigenvalue weighted by molar-refractivity contribution is 7.89. The van der Waals surface area contributed by atoms with Gasteiger partial charge in [-0.25, -0.2) is 18.2 Å². The summed E-state index contributed by atoms with van der Waals surface area (Å²) in [6, 6.07) is 19.9. The number of aromatic nitrogens is 2. The number of rotatable bonds is 7. The number of nitrogens with one attached hydrogen (secondary N) is 3. The molecule has 0 saturated carbocycles. The number of aromatic amines is 1. The molecule has 0 spiro atoms. The Hall–Kier alpha value is -4.22. The van der Waals surface area contributed by atoms with E-state index in [1.165, 1.54) is 19.2 Å². The molecule has 0 saturated heterocycles. The Balaban J connectivity index is 1.51. The molecule has 10 nitrogen and oxygen atoms in total. The highest BCUT2D eigenvalue weighted by Gasteiger charge is 2.23. The second kappa shape index (κ2) is 9.33. The van der Waals surface area contributed by atoms with Crippen LogP contribution in [0.1, 0.15) is 0 Å². The van der Waals surface area contributed by atoms with E-state index >= 15 is 0 Å². The van der Waals surface area contributed by atoms with Gasteiger partial charge in [-0.1, -0.05) is 36.4 Å². The lowest BCUT2D eigenvalue weighted by molar-refractivity contribution is -0.137. The molecule has 0 unspecified atom stereocenters. The molecular formula is C23H21N5O5S. The van der Waals surface area contributed by atoms with Crippen LogP contribution in [0.15, 0.2) is 77.7 Å². The molecule has 3 aromatic carbocycles. The zero-order chi connectivity index (χ0) is 24.3. The Morgan fingerprint density at radius 1 is 0.971 bits per heavy atom. The first-order valence-electron chi connectivity index (χ1n) is 10.1. The lowest BCUT2D eigenvalue weighted by atomic mass is 10.1. The fourth-order valence-corrected chi connectivity index (χ4v) is 4.52. The molecule has 4 N–H and O–H groups in total. The number of carboxylic acid groups (broad SMARTS) is 1. The molecular weight excluding hydrogens is 458 g/mol. The molecule has 0 aliphatic heterocycles. The van der Waals surface area contributed by atoms with Gasteiger partial charge in [-0.3, -0.25) is 10.1 Å². The Kier molecular flexibility index (Phi) is 6.30. The fourth-order valence-electron chi connectivity index (χ4n) is 3.35. The van der Waals surface area contributed by atoms with Crippen molar-refractivity contribution in [2.75, 3.05) is 24.2 Å². The number of urea groups is 1. The second-order valence-electron chi connectivity index (χ2n) is 7.45. The van der Waals surface area contributed by atoms with Crippen LogP contribution in [0.5, 0.6) is 0 Å². The zero-order valence-corrected chi connectivity index (χ0v) is 18.8. The number of para-hydroxylation sites is 2. The predicted octanol–water partition coefficient (Wildman–Crippen LogP) is 3.58. The molecule has 34 heavy (non-hydrogen) atoms. The minimum atomic E-state index is -3.98. The molecule has 1 aromatic heterocycles. The van der Waals surface area contributed by atoms with E-state index in [1.54, 1.807) is 36.4 Å². The zero-order valence-electron chi connectivity index (χ0n) is 18.0. The number of amides is 2. The number of carbonyl (C=O) groups is 2. The van der Waals surface area contributed by atoms with Crippen molar-refractivity contribution in [3.8, 4) is 11.1 Å². The molecule has 0 bridgehead atoms. The van der Waals surface area contributed by atoms with E-state index in [0.29, 0.717) is 22.8 Å². The maximum absolute atomic E-state index is 12.7. The minimum Gasteiger partial charge on any atom is -0.480 e. The van der Waals surface area contributed by atoms with Crippen molar-refractivity contribution in [3.63, 3.8) is 0 Å². The van der Waals surface area contributed by atoms with Gasteiger partial charge in [0.25, 0.3) is 0 Å². The number of carbonyl (C=O) groups excluding carboxylic acids is 1. The number of anilines is 2. The predicted molar refractivity (Wildman–Crippen MR) is 128 cm³/mol. The summed E-state index contributed by atoms with van der Waals surface area (Å²) in [4.78, 5) is 30.6. The first kappa shape index (κ1) is 23.0. The number of hydrogen-bond acceptors (Lipinski definition) is 5. The normalized spacial score (nSPS) is 11.5. The Bertz CT molecular complexity index is 1450. The SMILES string of the molecule is CN(CC(=O)O)S(=O)(=O)c1cccc(-c2cccc(NC(=O)Nc3nc4ccccc4[nH]3)c2)c1. The van der Waals surface area contributed by atoms with Gasteiger partial charge < -0.3 is 15.4 Å². The summed E-state index contributed by atoms with van der Waals surface area (Å²) in [5, 5.41) is 14.3. The van der Waals surface area contributed by atoms with Crippen LogP contribution in [0.25, 0.3) is 22.2 Å². The van der Waals surface area contributed by atoms with E-state index in [4.69, 9.17) is 5.11 Å². The van der Waals surface area contributed by atoms with Crippen LogP contribution in [-0.4, -0.2) is 53.4 Å². The number of nitrogens with zero attached hydrogens (tertiary/aromatic N) is 2. The monoisotopic (exact) mass is 479 g/mol. The van der Waals surface area contributed by atoms with Crippen molar-refractivity contribution in [3.05, 3.63) is 72.8 Å². The highest BCUT2D eigenvalue weighted by Crippen LogP contribution is 2.26. The number of fused-ring (bicyclic) bond motifs is 1. The standard InChI is InChI=1S/C23H21N5O5S/c1-28(14-21(29)30)34(32,33)18-9-5-7-16(13-18)15-6-4-8-17(12-15)24-23(31)27-22-25-19-10-2-3-11-20(19)26-22/h2-13H,14H2,1H3,(H,29,30)(H3,24,25,26,27,31). The summed E-state index contributed by atoms with van der Waals surface area (Å²) >= 11 is 0. The van der Waals surface area contributed by atoms with Gasteiger partial charge in [0.1, 0.15) is 6.54 Å². The number of benzene rings is 3. The van der Waals surface area contributed by atoms with Crippen molar-refractivity contribution >= 4 is 44.7 Å². The van der Waals surface area contributed by atoms with Gasteiger partial charge >= 0.3 is 12.0 Å². The molecule has 0 atom stereocenters. The van der Waals surface area contributed by atoms with E-state index in [9.17, 15) is 18.0 Å². The smallest absolute Gasteiger partial charge is 0.326 e. The van der Waals surface area contributed by atoms with Gasteiger partial charge in [0.2, 0.25) is 16.0 Å². The van der Waals surface area contributed by atoms with Gasteiger partial charge in [-0.2, -0.15) is 4.31 Å². The van der Waals surface area contributed by atoms with Crippen LogP contribution < -0.4 is 10.6 Å². The number of aliphatic carboxylic acids is 1. The van der Waals surface area contributed by atoms with Gasteiger partial charge in [-0.15, -0.1) is 0 Å². The molecule has 174 valence electrons. The third-order valence-electron chi connectivity index (χ3n) is 4.98. The quantitative estimate of drug-likeness (QED) is 0.319. The number of imidazole rings is 1. The lowest BCUT2D eigenvalue weighted by Gasteiger charge is -2.15. The van der Waals surface area contributed by atoms with E-state index in [0.717, 1.165) is 15.3 Å². The first-order chi connectivity index (χ1) is 16.2. The molecule has 0 radical (unpaired) electrons. The van der Waals surface area contributed by atoms with Crippen molar-refractivity contribution in [1.29, 1.82) is 0 Å². The Labute approximate surface area is 195 Å². The lowest BCUT2D eigenvalue weighted by Crippen LogP contribution is -2.32. The van der Waals surface area contributed by atoms with E-state index in [-0.39, 0.29) is 4.90 Å². The summed E-state index contributed by atoms with van der Waals surface area (Å²) in [6.07, 6.45) is 0. The van der Waals surface area contributed by atoms with Crippen LogP contribution in [0.3, 0.4) is 0 Å². The Morgan fingerprint density at radius 3 is 2.41 bits per heavy atom. The second-order valence-corrected chi connectivity index (χ2v) is 9.49. The Morgan fingerprint density at radius 2 is 1.68 bits per heavy atom. The molecule has 4 aromatic rings. The molecule has 2 amide bonds. The van der Waals surface area contributed by atoms with Crippen LogP contribution in [0.4, 0.5) is 16.4 Å². The molecule has 1 heterocycles. The van der Waals surface area contributed by atoms with Crippen LogP contribution >= 0.6 is 0 Å². The summed E-state index contributed by atoms with van der Waals surface area (Å²) in [5.41, 5.74) is 3.26. The molecule has 0 aliphatic rings. The molecule has 11 heteroatoms. The van der Waals surface area contributed by atoms with Crippen molar-refractivity contribution in [2.45, 2.75) is 4.90 Å². The molecule has 0 aliphatic carbocycles. The number of sulfonamides is 1. The topological polar surface area (TPSA) is 144 Å². The van der Waals surface area contributed by atoms with Crippen molar-refractivity contribution < 1.29 is 23.1 Å². The van der Waals surface area contributed by atoms with Crippen molar-refractivity contribution in [1.82, 2.24) is 14.3 Å². The number of likely N-dealkylation sites (N-methyl/N-ethyl adjacent to an activating group) is 1. The average Bonchev–Trinajstić information content (AvgIpc) is 3.21. The van der Waals surface area contributed by atoms with Gasteiger partial charge in [0.05, 0.1) is 15.9 Å². The molecule has 0 fully saturated rings. The van der Waals surface area contributed by atoms with E-state index in [2.05, 4.69) is 20.6 Å². The van der Waals surface area contributed by atoms with E-state index < -0.39 is 28.6 Å². The third-order valence-corrected chi connectivity index (χ3v) is 6.77.